The number of aldehydes is 1. The van der Waals surface area contributed by atoms with Crippen molar-refractivity contribution in [3.63, 3.8) is 0 Å². The van der Waals surface area contributed by atoms with Crippen LogP contribution in [0.4, 0.5) is 13.2 Å². The molecular weight excluding hydrogens is 247 g/mol. The third-order valence-corrected chi connectivity index (χ3v) is 2.61. The molecule has 1 unspecified atom stereocenters. The molecule has 1 atom stereocenters. The minimum Gasteiger partial charge on any atom is -0.406 e. The average molecular weight is 257 g/mol. The summed E-state index contributed by atoms with van der Waals surface area (Å²) >= 11 is 0. The number of nitrogens with one attached hydrogen (secondary N) is 1. The number of aromatic nitrogens is 1. The van der Waals surface area contributed by atoms with Crippen LogP contribution >= 0.6 is 0 Å². The van der Waals surface area contributed by atoms with Crippen LogP contribution < -0.4 is 4.74 Å². The fourth-order valence-electron chi connectivity index (χ4n) is 1.77. The lowest BCUT2D eigenvalue weighted by Gasteiger charge is -2.09. The fourth-order valence-corrected chi connectivity index (χ4v) is 1.77. The molecule has 0 spiro atoms. The van der Waals surface area contributed by atoms with Crippen molar-refractivity contribution in [1.82, 2.24) is 4.98 Å². The Labute approximate surface area is 101 Å². The average Bonchev–Trinajstić information content (AvgIpc) is 2.69. The number of benzene rings is 1. The van der Waals surface area contributed by atoms with Crippen LogP contribution in [0.1, 0.15) is 18.4 Å². The van der Waals surface area contributed by atoms with E-state index >= 15 is 0 Å². The van der Waals surface area contributed by atoms with Crippen molar-refractivity contribution in [2.45, 2.75) is 19.2 Å². The van der Waals surface area contributed by atoms with Crippen molar-refractivity contribution < 1.29 is 22.7 Å². The Kier molecular flexibility index (Phi) is 3.02. The molecule has 0 aliphatic heterocycles. The Hall–Kier alpha value is -1.98. The summed E-state index contributed by atoms with van der Waals surface area (Å²) in [5.41, 5.74) is 1.31. The number of aromatic amines is 1. The van der Waals surface area contributed by atoms with Crippen LogP contribution in [0.2, 0.25) is 0 Å². The number of ether oxygens (including phenoxy) is 1. The summed E-state index contributed by atoms with van der Waals surface area (Å²) in [5.74, 6) is -0.686. The number of hydrogen-bond acceptors (Lipinski definition) is 2. The zero-order valence-electron chi connectivity index (χ0n) is 9.41. The molecule has 0 amide bonds. The van der Waals surface area contributed by atoms with Gasteiger partial charge < -0.3 is 14.5 Å². The third kappa shape index (κ3) is 2.47. The van der Waals surface area contributed by atoms with E-state index in [2.05, 4.69) is 9.72 Å². The molecule has 0 saturated carbocycles. The largest absolute Gasteiger partial charge is 0.573 e. The molecule has 1 aromatic heterocycles. The van der Waals surface area contributed by atoms with E-state index in [4.69, 9.17) is 0 Å². The minimum atomic E-state index is -4.72. The number of halogens is 3. The fraction of sp³-hybridized carbons (Fsp3) is 0.250. The molecule has 0 fully saturated rings. The first kappa shape index (κ1) is 12.5. The smallest absolute Gasteiger partial charge is 0.406 e. The maximum Gasteiger partial charge on any atom is 0.573 e. The van der Waals surface area contributed by atoms with Gasteiger partial charge in [0.1, 0.15) is 12.0 Å². The lowest BCUT2D eigenvalue weighted by Crippen LogP contribution is -2.17. The maximum absolute atomic E-state index is 12.1. The first-order valence-electron chi connectivity index (χ1n) is 5.23. The second-order valence-electron chi connectivity index (χ2n) is 3.92. The van der Waals surface area contributed by atoms with Gasteiger partial charge in [0.05, 0.1) is 0 Å². The number of alkyl halides is 3. The highest BCUT2D eigenvalue weighted by molar-refractivity contribution is 5.87. The van der Waals surface area contributed by atoms with Gasteiger partial charge in [-0.05, 0) is 23.8 Å². The topological polar surface area (TPSA) is 42.1 Å². The Morgan fingerprint density at radius 1 is 1.39 bits per heavy atom. The Morgan fingerprint density at radius 3 is 2.72 bits per heavy atom. The molecule has 1 heterocycles. The molecule has 2 rings (SSSR count). The van der Waals surface area contributed by atoms with Gasteiger partial charge in [-0.3, -0.25) is 0 Å². The normalized spacial score (nSPS) is 13.6. The quantitative estimate of drug-likeness (QED) is 0.856. The molecule has 0 bridgehead atoms. The molecule has 6 heteroatoms. The van der Waals surface area contributed by atoms with E-state index in [9.17, 15) is 18.0 Å². The van der Waals surface area contributed by atoms with Gasteiger partial charge in [0.2, 0.25) is 0 Å². The molecule has 0 aliphatic rings. The van der Waals surface area contributed by atoms with Crippen molar-refractivity contribution in [1.29, 1.82) is 0 Å². The molecule has 0 saturated heterocycles. The van der Waals surface area contributed by atoms with E-state index in [0.717, 1.165) is 6.29 Å². The van der Waals surface area contributed by atoms with Gasteiger partial charge in [0.15, 0.2) is 0 Å². The predicted octanol–water partition coefficient (Wildman–Crippen LogP) is 3.37. The van der Waals surface area contributed by atoms with Gasteiger partial charge in [-0.15, -0.1) is 13.2 Å². The number of carbonyl (C=O) groups is 1. The number of hydrogen-bond donors (Lipinski definition) is 1. The van der Waals surface area contributed by atoms with Gasteiger partial charge >= 0.3 is 6.36 Å². The van der Waals surface area contributed by atoms with Gasteiger partial charge in [-0.1, -0.05) is 6.92 Å². The molecule has 0 aliphatic carbocycles. The first-order chi connectivity index (χ1) is 8.40. The van der Waals surface area contributed by atoms with Crippen LogP contribution in [0.3, 0.4) is 0 Å². The van der Waals surface area contributed by atoms with E-state index in [0.29, 0.717) is 16.5 Å². The van der Waals surface area contributed by atoms with E-state index in [-0.39, 0.29) is 11.7 Å². The standard InChI is InChI=1S/C12H10F3NO2/c1-7(6-17)10-5-16-11-3-2-8(4-9(10)11)18-12(13,14)15/h2-7,16H,1H3. The van der Waals surface area contributed by atoms with Crippen LogP contribution in [0.15, 0.2) is 24.4 Å². The van der Waals surface area contributed by atoms with Crippen molar-refractivity contribution in [3.8, 4) is 5.75 Å². The van der Waals surface area contributed by atoms with Crippen molar-refractivity contribution >= 4 is 17.2 Å². The Morgan fingerprint density at radius 2 is 2.11 bits per heavy atom. The summed E-state index contributed by atoms with van der Waals surface area (Å²) in [6.07, 6.45) is -2.37. The van der Waals surface area contributed by atoms with Gasteiger partial charge in [-0.25, -0.2) is 0 Å². The van der Waals surface area contributed by atoms with Gasteiger partial charge in [0.25, 0.3) is 0 Å². The summed E-state index contributed by atoms with van der Waals surface area (Å²) in [5, 5.41) is 0.552. The number of carbonyl (C=O) groups excluding carboxylic acids is 1. The highest BCUT2D eigenvalue weighted by Crippen LogP contribution is 2.30. The highest BCUT2D eigenvalue weighted by Gasteiger charge is 2.31. The third-order valence-electron chi connectivity index (χ3n) is 2.61. The number of rotatable bonds is 3. The van der Waals surface area contributed by atoms with Crippen LogP contribution in [-0.4, -0.2) is 17.6 Å². The van der Waals surface area contributed by atoms with Crippen LogP contribution in [-0.2, 0) is 4.79 Å². The number of H-pyrrole nitrogens is 1. The Balaban J connectivity index is 2.45. The maximum atomic E-state index is 12.1. The zero-order valence-corrected chi connectivity index (χ0v) is 9.41. The molecular formula is C12H10F3NO2. The van der Waals surface area contributed by atoms with Gasteiger partial charge in [0, 0.05) is 23.0 Å². The minimum absolute atomic E-state index is 0.297. The lowest BCUT2D eigenvalue weighted by atomic mass is 10.0. The summed E-state index contributed by atoms with van der Waals surface area (Å²) < 4.78 is 40.2. The molecule has 18 heavy (non-hydrogen) atoms. The summed E-state index contributed by atoms with van der Waals surface area (Å²) in [7, 11) is 0. The van der Waals surface area contributed by atoms with Gasteiger partial charge in [-0.2, -0.15) is 0 Å². The van der Waals surface area contributed by atoms with Crippen molar-refractivity contribution in [3.05, 3.63) is 30.0 Å². The van der Waals surface area contributed by atoms with Crippen LogP contribution in [0.25, 0.3) is 10.9 Å². The molecule has 2 aromatic rings. The summed E-state index contributed by atoms with van der Waals surface area (Å²) in [4.78, 5) is 13.6. The zero-order chi connectivity index (χ0) is 13.3. The van der Waals surface area contributed by atoms with E-state index in [1.165, 1.54) is 18.2 Å². The summed E-state index contributed by atoms with van der Waals surface area (Å²) in [6, 6.07) is 3.98. The molecule has 1 N–H and O–H groups in total. The predicted molar refractivity (Wildman–Crippen MR) is 59.5 cm³/mol. The molecule has 3 nitrogen and oxygen atoms in total. The molecule has 0 radical (unpaired) electrons. The SMILES string of the molecule is CC(C=O)c1c[nH]c2ccc(OC(F)(F)F)cc12. The van der Waals surface area contributed by atoms with Crippen molar-refractivity contribution in [2.24, 2.45) is 0 Å². The van der Waals surface area contributed by atoms with E-state index < -0.39 is 6.36 Å². The summed E-state index contributed by atoms with van der Waals surface area (Å²) in [6.45, 7) is 1.67. The molecule has 1 aromatic carbocycles. The highest BCUT2D eigenvalue weighted by atomic mass is 19.4. The van der Waals surface area contributed by atoms with Crippen LogP contribution in [0, 0.1) is 0 Å². The van der Waals surface area contributed by atoms with Crippen molar-refractivity contribution in [2.75, 3.05) is 0 Å². The first-order valence-corrected chi connectivity index (χ1v) is 5.23. The Bertz CT molecular complexity index is 574. The number of fused-ring (bicyclic) bond motifs is 1. The lowest BCUT2D eigenvalue weighted by molar-refractivity contribution is -0.274. The van der Waals surface area contributed by atoms with E-state index in [1.54, 1.807) is 13.1 Å². The second-order valence-corrected chi connectivity index (χ2v) is 3.92. The van der Waals surface area contributed by atoms with E-state index in [1.807, 2.05) is 0 Å². The second kappa shape index (κ2) is 4.36. The monoisotopic (exact) mass is 257 g/mol. The molecule has 96 valence electrons. The van der Waals surface area contributed by atoms with Crippen LogP contribution in [0.5, 0.6) is 5.75 Å².